The molecule has 0 aliphatic heterocycles. The van der Waals surface area contributed by atoms with Crippen LogP contribution < -0.4 is 10.7 Å². The van der Waals surface area contributed by atoms with E-state index in [4.69, 9.17) is 0 Å². The molecule has 0 radical (unpaired) electrons. The Labute approximate surface area is 191 Å². The summed E-state index contributed by atoms with van der Waals surface area (Å²) < 4.78 is 1.22. The highest BCUT2D eigenvalue weighted by atomic mass is 16.6. The number of nitrogens with one attached hydrogen (secondary N) is 1. The lowest BCUT2D eigenvalue weighted by molar-refractivity contribution is -0.384. The van der Waals surface area contributed by atoms with Crippen molar-refractivity contribution in [3.05, 3.63) is 62.1 Å². The monoisotopic (exact) mass is 455 g/mol. The van der Waals surface area contributed by atoms with Gasteiger partial charge in [-0.3, -0.25) is 24.5 Å². The normalized spacial score (nSPS) is 15.0. The van der Waals surface area contributed by atoms with Crippen molar-refractivity contribution in [2.24, 2.45) is 0 Å². The fourth-order valence-electron chi connectivity index (χ4n) is 4.38. The van der Waals surface area contributed by atoms with Crippen molar-refractivity contribution in [2.75, 3.05) is 13.1 Å². The Hall–Kier alpha value is -3.56. The molecule has 1 aromatic heterocycles. The number of likely N-dealkylation sites (N-methyl/N-ethyl adjacent to an activating group) is 1. The lowest BCUT2D eigenvalue weighted by Gasteiger charge is -2.39. The number of nitro benzene ring substituents is 1. The number of nitrogens with zero attached hydrogens (tertiary/aromatic N) is 4. The van der Waals surface area contributed by atoms with Crippen molar-refractivity contribution in [3.8, 4) is 5.69 Å². The zero-order valence-corrected chi connectivity index (χ0v) is 19.2. The molecule has 1 aliphatic rings. The van der Waals surface area contributed by atoms with Crippen LogP contribution in [0.5, 0.6) is 0 Å². The molecule has 0 saturated heterocycles. The quantitative estimate of drug-likeness (QED) is 0.505. The summed E-state index contributed by atoms with van der Waals surface area (Å²) in [6, 6.07) is 7.18. The van der Waals surface area contributed by atoms with Crippen molar-refractivity contribution in [1.82, 2.24) is 20.0 Å². The number of para-hydroxylation sites is 2. The Morgan fingerprint density at radius 2 is 1.82 bits per heavy atom. The molecule has 0 spiro atoms. The maximum Gasteiger partial charge on any atom is 0.294 e. The topological polar surface area (TPSA) is 127 Å². The van der Waals surface area contributed by atoms with Crippen LogP contribution in [0.25, 0.3) is 5.69 Å². The van der Waals surface area contributed by atoms with Crippen LogP contribution in [-0.2, 0) is 4.79 Å². The van der Waals surface area contributed by atoms with Crippen LogP contribution in [0.15, 0.2) is 35.1 Å². The van der Waals surface area contributed by atoms with Gasteiger partial charge in [-0.2, -0.15) is 5.10 Å². The molecule has 1 N–H and O–H groups in total. The SMILES string of the molecule is CCN(CC)C(=O)C1(NC(=O)c2nn(-c3ccccc3[N+](=O)[O-])c(C)cc2=O)CCCCC1. The summed E-state index contributed by atoms with van der Waals surface area (Å²) in [6.45, 7) is 6.37. The van der Waals surface area contributed by atoms with E-state index in [0.29, 0.717) is 31.6 Å². The highest BCUT2D eigenvalue weighted by Gasteiger charge is 2.43. The number of amides is 2. The maximum absolute atomic E-state index is 13.3. The Bertz CT molecular complexity index is 1120. The predicted octanol–water partition coefficient (Wildman–Crippen LogP) is 2.75. The van der Waals surface area contributed by atoms with Gasteiger partial charge in [0.2, 0.25) is 11.3 Å². The fraction of sp³-hybridized carbons (Fsp3) is 0.478. The van der Waals surface area contributed by atoms with Gasteiger partial charge in [-0.05, 0) is 39.7 Å². The van der Waals surface area contributed by atoms with E-state index in [1.807, 2.05) is 13.8 Å². The third-order valence-corrected chi connectivity index (χ3v) is 6.15. The van der Waals surface area contributed by atoms with Crippen LogP contribution in [0.4, 0.5) is 5.69 Å². The summed E-state index contributed by atoms with van der Waals surface area (Å²) in [5, 5.41) is 18.5. The second-order valence-corrected chi connectivity index (χ2v) is 8.23. The molecule has 0 atom stereocenters. The van der Waals surface area contributed by atoms with E-state index >= 15 is 0 Å². The van der Waals surface area contributed by atoms with Gasteiger partial charge in [0.05, 0.1) is 4.92 Å². The van der Waals surface area contributed by atoms with E-state index in [2.05, 4.69) is 10.4 Å². The smallest absolute Gasteiger partial charge is 0.294 e. The van der Waals surface area contributed by atoms with E-state index in [9.17, 15) is 24.5 Å². The Morgan fingerprint density at radius 3 is 2.42 bits per heavy atom. The van der Waals surface area contributed by atoms with Gasteiger partial charge in [-0.15, -0.1) is 0 Å². The molecule has 1 fully saturated rings. The summed E-state index contributed by atoms with van der Waals surface area (Å²) in [4.78, 5) is 51.9. The lowest BCUT2D eigenvalue weighted by atomic mass is 9.80. The lowest BCUT2D eigenvalue weighted by Crippen LogP contribution is -2.61. The maximum atomic E-state index is 13.3. The third kappa shape index (κ3) is 4.79. The first-order valence-electron chi connectivity index (χ1n) is 11.2. The molecule has 10 heteroatoms. The molecule has 2 aromatic rings. The summed E-state index contributed by atoms with van der Waals surface area (Å²) in [5.74, 6) is -0.915. The number of aromatic nitrogens is 2. The summed E-state index contributed by atoms with van der Waals surface area (Å²) in [5.41, 5.74) is -1.83. The number of carbonyl (C=O) groups excluding carboxylic acids is 2. The molecular weight excluding hydrogens is 426 g/mol. The molecule has 3 rings (SSSR count). The molecule has 1 heterocycles. The zero-order chi connectivity index (χ0) is 24.2. The number of nitro groups is 1. The summed E-state index contributed by atoms with van der Waals surface area (Å²) in [6.07, 6.45) is 3.51. The van der Waals surface area contributed by atoms with E-state index in [0.717, 1.165) is 19.3 Å². The number of hydrogen-bond acceptors (Lipinski definition) is 6. The molecule has 1 saturated carbocycles. The van der Waals surface area contributed by atoms with E-state index in [1.165, 1.54) is 28.9 Å². The Kier molecular flexibility index (Phi) is 7.25. The van der Waals surface area contributed by atoms with Crippen molar-refractivity contribution in [1.29, 1.82) is 0 Å². The Morgan fingerprint density at radius 1 is 1.18 bits per heavy atom. The number of rotatable bonds is 7. The molecule has 0 unspecified atom stereocenters. The van der Waals surface area contributed by atoms with Gasteiger partial charge in [0.1, 0.15) is 11.2 Å². The van der Waals surface area contributed by atoms with E-state index < -0.39 is 27.5 Å². The minimum absolute atomic E-state index is 0.139. The second-order valence-electron chi connectivity index (χ2n) is 8.23. The average molecular weight is 456 g/mol. The van der Waals surface area contributed by atoms with Crippen molar-refractivity contribution < 1.29 is 14.5 Å². The predicted molar refractivity (Wildman–Crippen MR) is 122 cm³/mol. The van der Waals surface area contributed by atoms with Crippen molar-refractivity contribution in [2.45, 2.75) is 58.4 Å². The fourth-order valence-corrected chi connectivity index (χ4v) is 4.38. The number of carbonyl (C=O) groups is 2. The van der Waals surface area contributed by atoms with Gasteiger partial charge in [0, 0.05) is 30.9 Å². The van der Waals surface area contributed by atoms with Gasteiger partial charge in [0.15, 0.2) is 5.69 Å². The minimum Gasteiger partial charge on any atom is -0.341 e. The highest BCUT2D eigenvalue weighted by Crippen LogP contribution is 2.30. The van der Waals surface area contributed by atoms with Crippen LogP contribution in [0.2, 0.25) is 0 Å². The molecule has 10 nitrogen and oxygen atoms in total. The summed E-state index contributed by atoms with van der Waals surface area (Å²) in [7, 11) is 0. The van der Waals surface area contributed by atoms with Gasteiger partial charge in [-0.1, -0.05) is 31.4 Å². The van der Waals surface area contributed by atoms with Gasteiger partial charge >= 0.3 is 0 Å². The van der Waals surface area contributed by atoms with Gasteiger partial charge < -0.3 is 10.2 Å². The second kappa shape index (κ2) is 9.93. The van der Waals surface area contributed by atoms with E-state index in [1.54, 1.807) is 17.9 Å². The number of benzene rings is 1. The molecule has 2 amide bonds. The largest absolute Gasteiger partial charge is 0.341 e. The first-order valence-corrected chi connectivity index (χ1v) is 11.2. The number of hydrogen-bond donors (Lipinski definition) is 1. The van der Waals surface area contributed by atoms with Crippen LogP contribution >= 0.6 is 0 Å². The van der Waals surface area contributed by atoms with Gasteiger partial charge in [0.25, 0.3) is 11.6 Å². The molecule has 1 aromatic carbocycles. The summed E-state index contributed by atoms with van der Waals surface area (Å²) >= 11 is 0. The Balaban J connectivity index is 2.03. The molecule has 176 valence electrons. The zero-order valence-electron chi connectivity index (χ0n) is 19.2. The van der Waals surface area contributed by atoms with Crippen LogP contribution in [0.3, 0.4) is 0 Å². The van der Waals surface area contributed by atoms with Crippen LogP contribution in [0, 0.1) is 17.0 Å². The number of aryl methyl sites for hydroxylation is 1. The standard InChI is InChI=1S/C23H29N5O5/c1-4-26(5-2)22(31)23(13-9-6-10-14-23)24-21(30)20-19(29)15-16(3)27(25-20)17-11-7-8-12-18(17)28(32)33/h7-8,11-12,15H,4-6,9-10,13-14H2,1-3H3,(H,24,30). The van der Waals surface area contributed by atoms with Crippen LogP contribution in [0.1, 0.15) is 62.1 Å². The minimum atomic E-state index is -1.09. The molecule has 0 bridgehead atoms. The third-order valence-electron chi connectivity index (χ3n) is 6.15. The molecule has 33 heavy (non-hydrogen) atoms. The molecular formula is C23H29N5O5. The first kappa shape index (κ1) is 24.1. The van der Waals surface area contributed by atoms with E-state index in [-0.39, 0.29) is 17.3 Å². The molecule has 1 aliphatic carbocycles. The highest BCUT2D eigenvalue weighted by molar-refractivity contribution is 5.98. The first-order chi connectivity index (χ1) is 15.7. The average Bonchev–Trinajstić information content (AvgIpc) is 2.80. The van der Waals surface area contributed by atoms with Gasteiger partial charge in [-0.25, -0.2) is 4.68 Å². The van der Waals surface area contributed by atoms with Crippen molar-refractivity contribution in [3.63, 3.8) is 0 Å². The van der Waals surface area contributed by atoms with Crippen LogP contribution in [-0.4, -0.2) is 50.0 Å². The van der Waals surface area contributed by atoms with Crippen molar-refractivity contribution >= 4 is 17.5 Å².